The van der Waals surface area contributed by atoms with E-state index in [9.17, 15) is 0 Å². The van der Waals surface area contributed by atoms with E-state index >= 15 is 0 Å². The molecule has 0 amide bonds. The Morgan fingerprint density at radius 1 is 0.483 bits per heavy atom. The smallest absolute Gasteiger partial charge is 0.358 e. The summed E-state index contributed by atoms with van der Waals surface area (Å²) < 4.78 is 5.64. The zero-order valence-corrected chi connectivity index (χ0v) is 18.6. The van der Waals surface area contributed by atoms with Crippen molar-refractivity contribution >= 4 is 23.2 Å². The van der Waals surface area contributed by atoms with Crippen LogP contribution in [-0.2, 0) is 0 Å². The van der Waals surface area contributed by atoms with Gasteiger partial charge in [0.25, 0.3) is 5.69 Å². The van der Waals surface area contributed by atoms with Crippen LogP contribution in [0.2, 0.25) is 10.0 Å². The Bertz CT molecular complexity index is 985. The summed E-state index contributed by atoms with van der Waals surface area (Å²) in [7, 11) is 0. The molecule has 0 saturated carbocycles. The molecule has 150 valence electrons. The minimum absolute atomic E-state index is 0. The van der Waals surface area contributed by atoms with E-state index in [4.69, 9.17) is 28.2 Å². The molecule has 0 aliphatic rings. The van der Waals surface area contributed by atoms with Crippen LogP contribution in [0.5, 0.6) is 0 Å². The van der Waals surface area contributed by atoms with E-state index in [-0.39, 0.29) is 37.2 Å². The van der Waals surface area contributed by atoms with Crippen molar-refractivity contribution in [3.8, 4) is 17.3 Å². The van der Waals surface area contributed by atoms with E-state index in [0.717, 1.165) is 0 Å². The van der Waals surface area contributed by atoms with Gasteiger partial charge in [-0.15, -0.1) is 0 Å². The number of hydrogen-bond donors (Lipinski definition) is 0. The van der Waals surface area contributed by atoms with Gasteiger partial charge in [-0.3, -0.25) is 0 Å². The maximum absolute atomic E-state index is 6.74. The molecule has 4 nitrogen and oxygen atoms in total. The van der Waals surface area contributed by atoms with Gasteiger partial charge in [-0.2, -0.15) is 4.57 Å². The van der Waals surface area contributed by atoms with Crippen molar-refractivity contribution in [2.75, 3.05) is 0 Å². The lowest BCUT2D eigenvalue weighted by molar-refractivity contribution is -0.617. The van der Waals surface area contributed by atoms with E-state index in [1.54, 1.807) is 0 Å². The average Bonchev–Trinajstić information content (AvgIpc) is 2.70. The molecule has 29 heavy (non-hydrogen) atoms. The topological polar surface area (TPSA) is 24.5 Å². The molecule has 0 N–H and O–H groups in total. The first kappa shape index (κ1) is 25.1. The highest BCUT2D eigenvalue weighted by atomic mass is 35.5. The van der Waals surface area contributed by atoms with E-state index in [1.165, 1.54) is 0 Å². The first-order valence-electron chi connectivity index (χ1n) is 8.05. The third kappa shape index (κ3) is 5.16. The van der Waals surface area contributed by atoms with Gasteiger partial charge in [0.1, 0.15) is 0 Å². The molecule has 0 saturated heterocycles. The van der Waals surface area contributed by atoms with E-state index in [2.05, 4.69) is 0 Å². The molecule has 4 aromatic rings. The van der Waals surface area contributed by atoms with Crippen molar-refractivity contribution in [1.82, 2.24) is 4.98 Å². The molecule has 4 rings (SSSR count). The first-order chi connectivity index (χ1) is 12.8. The van der Waals surface area contributed by atoms with E-state index in [1.807, 2.05) is 105 Å². The summed E-state index contributed by atoms with van der Waals surface area (Å²) in [4.78, 5) is 4.75. The number of nitrogens with zero attached hydrogens (tertiary/aromatic N) is 4. The highest BCUT2D eigenvalue weighted by molar-refractivity contribution is 6.38. The SMILES string of the molecule is Clc1c(-[n+]2ccccc2)nc(-[n+]2ccccc2)c(Cl)c1-[n+]1ccccc1.[Cl-].[Cl-].[Cl-]. The quantitative estimate of drug-likeness (QED) is 0.264. The molecule has 0 fully saturated rings. The molecule has 0 bridgehead atoms. The van der Waals surface area contributed by atoms with Crippen LogP contribution in [0.15, 0.2) is 91.8 Å². The molecule has 4 aromatic heterocycles. The van der Waals surface area contributed by atoms with Gasteiger partial charge in [0, 0.05) is 17.1 Å². The number of rotatable bonds is 3. The minimum atomic E-state index is 0. The zero-order chi connectivity index (χ0) is 17.9. The van der Waals surface area contributed by atoms with Crippen LogP contribution in [0.3, 0.4) is 0 Å². The second kappa shape index (κ2) is 11.3. The van der Waals surface area contributed by atoms with Crippen LogP contribution >= 0.6 is 23.2 Å². The highest BCUT2D eigenvalue weighted by Crippen LogP contribution is 2.30. The van der Waals surface area contributed by atoms with Crippen LogP contribution < -0.4 is 50.9 Å². The minimum Gasteiger partial charge on any atom is -1.00 e. The Hall–Kier alpha value is -1.95. The van der Waals surface area contributed by atoms with Crippen molar-refractivity contribution in [3.63, 3.8) is 0 Å². The average molecular weight is 489 g/mol. The van der Waals surface area contributed by atoms with Gasteiger partial charge in [0.2, 0.25) is 10.0 Å². The molecular formula is C20H15Cl5N4. The molecule has 4 heterocycles. The number of pyridine rings is 4. The summed E-state index contributed by atoms with van der Waals surface area (Å²) in [5.41, 5.74) is 0.682. The van der Waals surface area contributed by atoms with Crippen molar-refractivity contribution < 1.29 is 50.9 Å². The van der Waals surface area contributed by atoms with E-state index in [0.29, 0.717) is 27.4 Å². The number of halogens is 5. The van der Waals surface area contributed by atoms with Crippen LogP contribution in [0.25, 0.3) is 17.3 Å². The Balaban J connectivity index is 0.00000140. The second-order valence-electron chi connectivity index (χ2n) is 5.58. The van der Waals surface area contributed by atoms with Crippen LogP contribution in [0, 0.1) is 0 Å². The predicted octanol–water partition coefficient (Wildman–Crippen LogP) is -5.77. The highest BCUT2D eigenvalue weighted by Gasteiger charge is 2.34. The van der Waals surface area contributed by atoms with Crippen LogP contribution in [0.4, 0.5) is 0 Å². The summed E-state index contributed by atoms with van der Waals surface area (Å²) >= 11 is 13.5. The molecule has 0 aromatic carbocycles. The second-order valence-corrected chi connectivity index (χ2v) is 6.34. The predicted molar refractivity (Wildman–Crippen MR) is 98.9 cm³/mol. The van der Waals surface area contributed by atoms with Gasteiger partial charge >= 0.3 is 11.6 Å². The molecule has 0 spiro atoms. The van der Waals surface area contributed by atoms with Crippen LogP contribution in [0.1, 0.15) is 0 Å². The van der Waals surface area contributed by atoms with Gasteiger partial charge in [-0.05, 0) is 24.3 Å². The van der Waals surface area contributed by atoms with Crippen molar-refractivity contribution in [3.05, 3.63) is 102 Å². The van der Waals surface area contributed by atoms with Gasteiger partial charge in [-0.25, -0.2) is 9.13 Å². The fraction of sp³-hybridized carbons (Fsp3) is 0. The Labute approximate surface area is 197 Å². The fourth-order valence-corrected chi connectivity index (χ4v) is 3.42. The van der Waals surface area contributed by atoms with Crippen molar-refractivity contribution in [2.45, 2.75) is 0 Å². The summed E-state index contributed by atoms with van der Waals surface area (Å²) in [6.07, 6.45) is 11.4. The van der Waals surface area contributed by atoms with E-state index < -0.39 is 0 Å². The lowest BCUT2D eigenvalue weighted by atomic mass is 10.3. The summed E-state index contributed by atoms with van der Waals surface area (Å²) in [5.74, 6) is 1.21. The Morgan fingerprint density at radius 3 is 1.14 bits per heavy atom. The molecule has 0 unspecified atom stereocenters. The Kier molecular flexibility index (Phi) is 9.77. The van der Waals surface area contributed by atoms with Gasteiger partial charge in [0.05, 0.1) is 24.8 Å². The number of hydrogen-bond acceptors (Lipinski definition) is 1. The summed E-state index contributed by atoms with van der Waals surface area (Å²) in [5, 5.41) is 0.949. The van der Waals surface area contributed by atoms with Crippen molar-refractivity contribution in [2.24, 2.45) is 0 Å². The first-order valence-corrected chi connectivity index (χ1v) is 8.80. The van der Waals surface area contributed by atoms with Gasteiger partial charge in [0.15, 0.2) is 12.4 Å². The Morgan fingerprint density at radius 2 is 0.793 bits per heavy atom. The van der Waals surface area contributed by atoms with Gasteiger partial charge < -0.3 is 37.2 Å². The monoisotopic (exact) mass is 486 g/mol. The molecule has 0 atom stereocenters. The molecule has 9 heteroatoms. The third-order valence-electron chi connectivity index (χ3n) is 3.91. The molecular weight excluding hydrogens is 474 g/mol. The maximum atomic E-state index is 6.74. The lowest BCUT2D eigenvalue weighted by Crippen LogP contribution is -3.00. The maximum Gasteiger partial charge on any atom is 0.358 e. The lowest BCUT2D eigenvalue weighted by Gasteiger charge is -2.05. The number of aromatic nitrogens is 4. The third-order valence-corrected chi connectivity index (χ3v) is 4.61. The molecule has 0 aliphatic carbocycles. The van der Waals surface area contributed by atoms with Gasteiger partial charge in [-0.1, -0.05) is 41.4 Å². The standard InChI is InChI=1S/C20H15Cl2N4.3ClH/c21-16-18(24-10-4-1-5-11-24)17(22)20(26-14-8-3-9-15-26)23-19(16)25-12-6-2-7-13-25;;;/h1-15H;3*1H/q+3;;;/p-3. The normalized spacial score (nSPS) is 9.59. The zero-order valence-electron chi connectivity index (χ0n) is 14.8. The summed E-state index contributed by atoms with van der Waals surface area (Å²) in [6, 6.07) is 17.4. The fourth-order valence-electron chi connectivity index (χ4n) is 2.70. The summed E-state index contributed by atoms with van der Waals surface area (Å²) in [6.45, 7) is 0. The molecule has 0 aliphatic heterocycles. The van der Waals surface area contributed by atoms with Crippen LogP contribution in [-0.4, -0.2) is 4.98 Å². The molecule has 0 radical (unpaired) electrons. The largest absolute Gasteiger partial charge is 1.00 e. The van der Waals surface area contributed by atoms with Crippen molar-refractivity contribution in [1.29, 1.82) is 0 Å².